The molecule has 1 unspecified atom stereocenters. The highest BCUT2D eigenvalue weighted by molar-refractivity contribution is 7.15. The van der Waals surface area contributed by atoms with E-state index in [0.717, 1.165) is 24.3 Å². The molecule has 0 radical (unpaired) electrons. The van der Waals surface area contributed by atoms with Gasteiger partial charge in [-0.15, -0.1) is 22.6 Å². The van der Waals surface area contributed by atoms with Crippen LogP contribution in [0.15, 0.2) is 0 Å². The standard InChI is InChI=1S/C10H18N4OS.ClH/c1-3-5-7(11)9(15)12-10-14-13-8(16-10)6-4-2;/h7H,3-6,11H2,1-2H3,(H,12,14,15);1H. The third kappa shape index (κ3) is 5.43. The van der Waals surface area contributed by atoms with Crippen LogP contribution in [-0.2, 0) is 11.2 Å². The van der Waals surface area contributed by atoms with E-state index in [4.69, 9.17) is 5.73 Å². The van der Waals surface area contributed by atoms with E-state index in [1.165, 1.54) is 11.3 Å². The molecule has 5 nitrogen and oxygen atoms in total. The average molecular weight is 279 g/mol. The van der Waals surface area contributed by atoms with Gasteiger partial charge >= 0.3 is 0 Å². The molecule has 0 spiro atoms. The molecule has 0 aliphatic heterocycles. The Morgan fingerprint density at radius 1 is 1.41 bits per heavy atom. The maximum absolute atomic E-state index is 11.6. The first-order valence-corrected chi connectivity index (χ1v) is 6.37. The van der Waals surface area contributed by atoms with E-state index >= 15 is 0 Å². The number of carbonyl (C=O) groups excluding carboxylic acids is 1. The van der Waals surface area contributed by atoms with Crippen LogP contribution < -0.4 is 11.1 Å². The van der Waals surface area contributed by atoms with Crippen LogP contribution >= 0.6 is 23.7 Å². The number of aryl methyl sites for hydroxylation is 1. The number of halogens is 1. The lowest BCUT2D eigenvalue weighted by Gasteiger charge is -2.08. The predicted octanol–water partition coefficient (Wildman–Crippen LogP) is 1.98. The van der Waals surface area contributed by atoms with E-state index in [9.17, 15) is 4.79 Å². The molecule has 0 fully saturated rings. The van der Waals surface area contributed by atoms with Crippen LogP contribution in [0.2, 0.25) is 0 Å². The Morgan fingerprint density at radius 3 is 2.71 bits per heavy atom. The Hall–Kier alpha value is -0.720. The first-order valence-electron chi connectivity index (χ1n) is 5.56. The molecule has 0 saturated heterocycles. The molecule has 1 heterocycles. The molecule has 1 rings (SSSR count). The topological polar surface area (TPSA) is 80.9 Å². The molecule has 1 atom stereocenters. The van der Waals surface area contributed by atoms with Crippen LogP contribution in [0.5, 0.6) is 0 Å². The Bertz CT molecular complexity index is 345. The Kier molecular flexibility index (Phi) is 8.03. The Morgan fingerprint density at radius 2 is 2.12 bits per heavy atom. The van der Waals surface area contributed by atoms with Gasteiger partial charge in [0.15, 0.2) is 0 Å². The Balaban J connectivity index is 0.00000256. The maximum atomic E-state index is 11.6. The third-order valence-corrected chi connectivity index (χ3v) is 3.00. The van der Waals surface area contributed by atoms with Crippen LogP contribution in [0.4, 0.5) is 5.13 Å². The zero-order valence-corrected chi connectivity index (χ0v) is 11.7. The number of carbonyl (C=O) groups is 1. The molecular weight excluding hydrogens is 260 g/mol. The highest BCUT2D eigenvalue weighted by atomic mass is 35.5. The summed E-state index contributed by atoms with van der Waals surface area (Å²) in [7, 11) is 0. The number of rotatable bonds is 6. The van der Waals surface area contributed by atoms with Crippen molar-refractivity contribution in [1.82, 2.24) is 10.2 Å². The fourth-order valence-corrected chi connectivity index (χ4v) is 2.10. The molecule has 1 aromatic rings. The van der Waals surface area contributed by atoms with E-state index in [1.54, 1.807) is 0 Å². The predicted molar refractivity (Wildman–Crippen MR) is 72.7 cm³/mol. The second-order valence-corrected chi connectivity index (χ2v) is 4.70. The summed E-state index contributed by atoms with van der Waals surface area (Å²) in [5.74, 6) is -0.180. The van der Waals surface area contributed by atoms with Crippen molar-refractivity contribution in [1.29, 1.82) is 0 Å². The lowest BCUT2D eigenvalue weighted by atomic mass is 10.2. The van der Waals surface area contributed by atoms with Gasteiger partial charge in [-0.25, -0.2) is 0 Å². The van der Waals surface area contributed by atoms with Crippen LogP contribution in [0.3, 0.4) is 0 Å². The van der Waals surface area contributed by atoms with Crippen LogP contribution in [0.25, 0.3) is 0 Å². The molecule has 0 bridgehead atoms. The zero-order chi connectivity index (χ0) is 12.0. The minimum atomic E-state index is -0.455. The molecule has 1 aromatic heterocycles. The number of aromatic nitrogens is 2. The van der Waals surface area contributed by atoms with E-state index in [1.807, 2.05) is 6.92 Å². The van der Waals surface area contributed by atoms with Gasteiger partial charge in [0.1, 0.15) is 5.01 Å². The minimum absolute atomic E-state index is 0. The number of nitrogens with one attached hydrogen (secondary N) is 1. The van der Waals surface area contributed by atoms with Crippen LogP contribution in [0.1, 0.15) is 38.1 Å². The van der Waals surface area contributed by atoms with Crippen molar-refractivity contribution in [3.8, 4) is 0 Å². The van der Waals surface area contributed by atoms with Gasteiger partial charge in [-0.2, -0.15) is 0 Å². The second-order valence-electron chi connectivity index (χ2n) is 3.64. The summed E-state index contributed by atoms with van der Waals surface area (Å²) in [4.78, 5) is 11.6. The summed E-state index contributed by atoms with van der Waals surface area (Å²) in [6, 6.07) is -0.455. The summed E-state index contributed by atoms with van der Waals surface area (Å²) in [5.41, 5.74) is 5.69. The molecule has 3 N–H and O–H groups in total. The van der Waals surface area contributed by atoms with Gasteiger partial charge in [-0.05, 0) is 12.8 Å². The SMILES string of the molecule is CCCc1nnc(NC(=O)C(N)CCC)s1.Cl. The van der Waals surface area contributed by atoms with Crippen molar-refractivity contribution >= 4 is 34.8 Å². The molecule has 17 heavy (non-hydrogen) atoms. The van der Waals surface area contributed by atoms with Gasteiger partial charge in [0.05, 0.1) is 6.04 Å². The fourth-order valence-electron chi connectivity index (χ4n) is 1.26. The summed E-state index contributed by atoms with van der Waals surface area (Å²) in [6.07, 6.45) is 3.50. The van der Waals surface area contributed by atoms with Crippen LogP contribution in [0, 0.1) is 0 Å². The zero-order valence-electron chi connectivity index (χ0n) is 10.1. The minimum Gasteiger partial charge on any atom is -0.320 e. The molecular formula is C10H19ClN4OS. The first kappa shape index (κ1) is 16.3. The van der Waals surface area contributed by atoms with Crippen molar-refractivity contribution in [2.45, 2.75) is 45.6 Å². The second kappa shape index (κ2) is 8.38. The average Bonchev–Trinajstić information content (AvgIpc) is 2.66. The lowest BCUT2D eigenvalue weighted by Crippen LogP contribution is -2.35. The lowest BCUT2D eigenvalue weighted by molar-refractivity contribution is -0.117. The molecule has 0 aliphatic rings. The molecule has 0 aromatic carbocycles. The van der Waals surface area contributed by atoms with Gasteiger partial charge in [0, 0.05) is 6.42 Å². The van der Waals surface area contributed by atoms with Gasteiger partial charge in [-0.1, -0.05) is 31.6 Å². The number of anilines is 1. The highest BCUT2D eigenvalue weighted by Crippen LogP contribution is 2.16. The number of amides is 1. The summed E-state index contributed by atoms with van der Waals surface area (Å²) < 4.78 is 0. The normalized spacial score (nSPS) is 11.7. The first-order chi connectivity index (χ1) is 7.67. The van der Waals surface area contributed by atoms with Gasteiger partial charge < -0.3 is 5.73 Å². The number of nitrogens with two attached hydrogens (primary N) is 1. The van der Waals surface area contributed by atoms with Crippen molar-refractivity contribution < 1.29 is 4.79 Å². The quantitative estimate of drug-likeness (QED) is 0.834. The smallest absolute Gasteiger partial charge is 0.243 e. The maximum Gasteiger partial charge on any atom is 0.243 e. The summed E-state index contributed by atoms with van der Waals surface area (Å²) in [5, 5.41) is 12.0. The number of hydrogen-bond acceptors (Lipinski definition) is 5. The molecule has 7 heteroatoms. The van der Waals surface area contributed by atoms with E-state index in [-0.39, 0.29) is 18.3 Å². The largest absolute Gasteiger partial charge is 0.320 e. The molecule has 0 saturated carbocycles. The van der Waals surface area contributed by atoms with Gasteiger partial charge in [0.2, 0.25) is 11.0 Å². The number of hydrogen-bond donors (Lipinski definition) is 2. The molecule has 1 amide bonds. The van der Waals surface area contributed by atoms with Gasteiger partial charge in [-0.3, -0.25) is 10.1 Å². The van der Waals surface area contributed by atoms with Crippen molar-refractivity contribution in [2.24, 2.45) is 5.73 Å². The van der Waals surface area contributed by atoms with Crippen molar-refractivity contribution in [3.05, 3.63) is 5.01 Å². The molecule has 0 aliphatic carbocycles. The monoisotopic (exact) mass is 278 g/mol. The summed E-state index contributed by atoms with van der Waals surface area (Å²) >= 11 is 1.41. The van der Waals surface area contributed by atoms with E-state index in [0.29, 0.717) is 11.6 Å². The molecule has 98 valence electrons. The van der Waals surface area contributed by atoms with E-state index < -0.39 is 6.04 Å². The Labute approximate surface area is 112 Å². The van der Waals surface area contributed by atoms with Crippen molar-refractivity contribution in [3.63, 3.8) is 0 Å². The van der Waals surface area contributed by atoms with Crippen LogP contribution in [-0.4, -0.2) is 22.1 Å². The van der Waals surface area contributed by atoms with E-state index in [2.05, 4.69) is 22.4 Å². The third-order valence-electron chi connectivity index (χ3n) is 2.10. The van der Waals surface area contributed by atoms with Crippen molar-refractivity contribution in [2.75, 3.05) is 5.32 Å². The summed E-state index contributed by atoms with van der Waals surface area (Å²) in [6.45, 7) is 4.08. The number of nitrogens with zero attached hydrogens (tertiary/aromatic N) is 2. The fraction of sp³-hybridized carbons (Fsp3) is 0.700. The van der Waals surface area contributed by atoms with Gasteiger partial charge in [0.25, 0.3) is 0 Å². The highest BCUT2D eigenvalue weighted by Gasteiger charge is 2.14.